The molecule has 0 unspecified atom stereocenters. The Morgan fingerprint density at radius 3 is 2.35 bits per heavy atom. The van der Waals surface area contributed by atoms with Crippen molar-refractivity contribution in [3.8, 4) is 22.9 Å². The highest BCUT2D eigenvalue weighted by molar-refractivity contribution is 6.31. The number of alkyl halides is 2. The van der Waals surface area contributed by atoms with Gasteiger partial charge in [0.05, 0.1) is 10.6 Å². The van der Waals surface area contributed by atoms with E-state index in [1.54, 1.807) is 6.07 Å². The third kappa shape index (κ3) is 3.03. The lowest BCUT2D eigenvalue weighted by molar-refractivity contribution is -0.0500. The zero-order valence-corrected chi connectivity index (χ0v) is 10.7. The molecule has 20 heavy (non-hydrogen) atoms. The molecule has 2 aromatic rings. The molecule has 0 saturated heterocycles. The SMILES string of the molecule is N#Cc1cc(-c2ccc(F)c(Cl)c2)ccc1OC(F)F. The monoisotopic (exact) mass is 297 g/mol. The Labute approximate surface area is 118 Å². The minimum absolute atomic E-state index is 0.0387. The van der Waals surface area contributed by atoms with Crippen LogP contribution in [0.3, 0.4) is 0 Å². The lowest BCUT2D eigenvalue weighted by atomic mass is 10.0. The standard InChI is InChI=1S/C14H7ClF3NO/c15-11-6-9(1-3-12(11)16)8-2-4-13(20-14(17)18)10(5-8)7-19/h1-6,14H. The van der Waals surface area contributed by atoms with E-state index < -0.39 is 12.4 Å². The van der Waals surface area contributed by atoms with Crippen molar-refractivity contribution in [3.05, 3.63) is 52.8 Å². The third-order valence-corrected chi connectivity index (χ3v) is 2.86. The van der Waals surface area contributed by atoms with Crippen LogP contribution in [-0.2, 0) is 0 Å². The summed E-state index contributed by atoms with van der Waals surface area (Å²) in [7, 11) is 0. The summed E-state index contributed by atoms with van der Waals surface area (Å²) in [4.78, 5) is 0. The van der Waals surface area contributed by atoms with E-state index in [1.807, 2.05) is 0 Å². The lowest BCUT2D eigenvalue weighted by Gasteiger charge is -2.09. The van der Waals surface area contributed by atoms with Crippen molar-refractivity contribution in [2.45, 2.75) is 6.61 Å². The van der Waals surface area contributed by atoms with Crippen LogP contribution in [0, 0.1) is 17.1 Å². The van der Waals surface area contributed by atoms with E-state index in [4.69, 9.17) is 16.9 Å². The number of hydrogen-bond acceptors (Lipinski definition) is 2. The molecule has 0 amide bonds. The first kappa shape index (κ1) is 14.2. The van der Waals surface area contributed by atoms with Gasteiger partial charge in [-0.05, 0) is 35.4 Å². The number of hydrogen-bond donors (Lipinski definition) is 0. The molecule has 0 radical (unpaired) electrons. The van der Waals surface area contributed by atoms with Gasteiger partial charge in [0.15, 0.2) is 0 Å². The summed E-state index contributed by atoms with van der Waals surface area (Å²) in [6.45, 7) is -3.01. The van der Waals surface area contributed by atoms with Crippen LogP contribution >= 0.6 is 11.6 Å². The lowest BCUT2D eigenvalue weighted by Crippen LogP contribution is -2.03. The normalized spacial score (nSPS) is 10.4. The molecule has 2 aromatic carbocycles. The van der Waals surface area contributed by atoms with Crippen molar-refractivity contribution in [2.24, 2.45) is 0 Å². The third-order valence-electron chi connectivity index (χ3n) is 2.57. The molecule has 0 atom stereocenters. The minimum Gasteiger partial charge on any atom is -0.433 e. The topological polar surface area (TPSA) is 33.0 Å². The molecule has 2 rings (SSSR count). The number of ether oxygens (including phenoxy) is 1. The van der Waals surface area contributed by atoms with Gasteiger partial charge in [0, 0.05) is 0 Å². The van der Waals surface area contributed by atoms with Gasteiger partial charge in [-0.3, -0.25) is 0 Å². The molecule has 0 aromatic heterocycles. The van der Waals surface area contributed by atoms with Gasteiger partial charge in [0.1, 0.15) is 17.6 Å². The van der Waals surface area contributed by atoms with E-state index in [0.29, 0.717) is 11.1 Å². The smallest absolute Gasteiger partial charge is 0.387 e. The second-order valence-corrected chi connectivity index (χ2v) is 4.24. The zero-order chi connectivity index (χ0) is 14.7. The Kier molecular flexibility index (Phi) is 4.16. The van der Waals surface area contributed by atoms with Crippen molar-refractivity contribution in [1.29, 1.82) is 5.26 Å². The maximum Gasteiger partial charge on any atom is 0.387 e. The Hall–Kier alpha value is -2.19. The average Bonchev–Trinajstić information content (AvgIpc) is 2.42. The molecule has 0 saturated carbocycles. The van der Waals surface area contributed by atoms with E-state index >= 15 is 0 Å². The first-order chi connectivity index (χ1) is 9.51. The molecule has 0 heterocycles. The van der Waals surface area contributed by atoms with Gasteiger partial charge in [-0.2, -0.15) is 14.0 Å². The van der Waals surface area contributed by atoms with E-state index in [1.165, 1.54) is 36.4 Å². The predicted molar refractivity (Wildman–Crippen MR) is 68.2 cm³/mol. The quantitative estimate of drug-likeness (QED) is 0.828. The van der Waals surface area contributed by atoms with Crippen LogP contribution in [0.5, 0.6) is 5.75 Å². The summed E-state index contributed by atoms with van der Waals surface area (Å²) < 4.78 is 41.6. The fourth-order valence-electron chi connectivity index (χ4n) is 1.67. The van der Waals surface area contributed by atoms with Crippen molar-refractivity contribution in [2.75, 3.05) is 0 Å². The molecule has 0 aliphatic heterocycles. The summed E-state index contributed by atoms with van der Waals surface area (Å²) >= 11 is 5.67. The second kappa shape index (κ2) is 5.85. The highest BCUT2D eigenvalue weighted by Gasteiger charge is 2.11. The van der Waals surface area contributed by atoms with E-state index in [9.17, 15) is 13.2 Å². The first-order valence-corrected chi connectivity index (χ1v) is 5.83. The molecule has 102 valence electrons. The van der Waals surface area contributed by atoms with Crippen LogP contribution in [0.2, 0.25) is 5.02 Å². The Morgan fingerprint density at radius 2 is 1.75 bits per heavy atom. The Balaban J connectivity index is 2.43. The average molecular weight is 298 g/mol. The summed E-state index contributed by atoms with van der Waals surface area (Å²) in [5, 5.41) is 8.88. The highest BCUT2D eigenvalue weighted by Crippen LogP contribution is 2.29. The van der Waals surface area contributed by atoms with Crippen molar-refractivity contribution in [1.82, 2.24) is 0 Å². The van der Waals surface area contributed by atoms with Crippen LogP contribution < -0.4 is 4.74 Å². The fourth-order valence-corrected chi connectivity index (χ4v) is 1.85. The van der Waals surface area contributed by atoms with E-state index in [0.717, 1.165) is 0 Å². The van der Waals surface area contributed by atoms with Crippen molar-refractivity contribution in [3.63, 3.8) is 0 Å². The molecule has 0 fully saturated rings. The predicted octanol–water partition coefficient (Wildman–Crippen LogP) is 4.62. The summed E-state index contributed by atoms with van der Waals surface area (Å²) in [6.07, 6.45) is 0. The van der Waals surface area contributed by atoms with Crippen LogP contribution in [0.4, 0.5) is 13.2 Å². The Bertz CT molecular complexity index is 683. The number of rotatable bonds is 3. The van der Waals surface area contributed by atoms with Gasteiger partial charge < -0.3 is 4.74 Å². The second-order valence-electron chi connectivity index (χ2n) is 3.83. The van der Waals surface area contributed by atoms with Gasteiger partial charge >= 0.3 is 6.61 Å². The first-order valence-electron chi connectivity index (χ1n) is 5.45. The van der Waals surface area contributed by atoms with Crippen LogP contribution in [-0.4, -0.2) is 6.61 Å². The van der Waals surface area contributed by atoms with E-state index in [2.05, 4.69) is 4.74 Å². The number of nitrogens with zero attached hydrogens (tertiary/aromatic N) is 1. The van der Waals surface area contributed by atoms with E-state index in [-0.39, 0.29) is 16.3 Å². The molecule has 2 nitrogen and oxygen atoms in total. The van der Waals surface area contributed by atoms with Gasteiger partial charge in [-0.15, -0.1) is 0 Å². The van der Waals surface area contributed by atoms with Gasteiger partial charge in [-0.25, -0.2) is 4.39 Å². The number of nitriles is 1. The molecule has 0 bridgehead atoms. The van der Waals surface area contributed by atoms with Crippen LogP contribution in [0.25, 0.3) is 11.1 Å². The zero-order valence-electron chi connectivity index (χ0n) is 9.91. The summed E-state index contributed by atoms with van der Waals surface area (Å²) in [6, 6.07) is 9.95. The van der Waals surface area contributed by atoms with Crippen molar-refractivity contribution < 1.29 is 17.9 Å². The largest absolute Gasteiger partial charge is 0.433 e. The van der Waals surface area contributed by atoms with Crippen LogP contribution in [0.1, 0.15) is 5.56 Å². The number of halogens is 4. The van der Waals surface area contributed by atoms with Gasteiger partial charge in [0.25, 0.3) is 0 Å². The molecule has 0 aliphatic carbocycles. The highest BCUT2D eigenvalue weighted by atomic mass is 35.5. The number of benzene rings is 2. The Morgan fingerprint density at radius 1 is 1.10 bits per heavy atom. The minimum atomic E-state index is -3.01. The molecular formula is C14H7ClF3NO. The summed E-state index contributed by atoms with van der Waals surface area (Å²) in [5.74, 6) is -0.770. The fraction of sp³-hybridized carbons (Fsp3) is 0.0714. The molecule has 0 spiro atoms. The molecule has 0 aliphatic rings. The van der Waals surface area contributed by atoms with Gasteiger partial charge in [-0.1, -0.05) is 23.7 Å². The molecule has 6 heteroatoms. The molecular weight excluding hydrogens is 291 g/mol. The summed E-state index contributed by atoms with van der Waals surface area (Å²) in [5.41, 5.74) is 1.07. The van der Waals surface area contributed by atoms with Crippen molar-refractivity contribution >= 4 is 11.6 Å². The van der Waals surface area contributed by atoms with Crippen LogP contribution in [0.15, 0.2) is 36.4 Å². The van der Waals surface area contributed by atoms with Gasteiger partial charge in [0.2, 0.25) is 0 Å². The maximum atomic E-state index is 13.1. The molecule has 0 N–H and O–H groups in total. The maximum absolute atomic E-state index is 13.1.